The predicted molar refractivity (Wildman–Crippen MR) is 131 cm³/mol. The zero-order valence-corrected chi connectivity index (χ0v) is 19.7. The van der Waals surface area contributed by atoms with Crippen molar-refractivity contribution < 1.29 is 52.7 Å². The second kappa shape index (κ2) is 8.77. The van der Waals surface area contributed by atoms with Gasteiger partial charge < -0.3 is 24.3 Å². The summed E-state index contributed by atoms with van der Waals surface area (Å²) in [6.07, 6.45) is -15.5. The molecule has 9 heteroatoms. The van der Waals surface area contributed by atoms with Crippen LogP contribution in [-0.2, 0) is 28.6 Å². The summed E-state index contributed by atoms with van der Waals surface area (Å²) in [5.41, 5.74) is -6.28. The summed E-state index contributed by atoms with van der Waals surface area (Å²) in [5.74, 6) is -3.33. The summed E-state index contributed by atoms with van der Waals surface area (Å²) in [6, 6.07) is 5.85. The zero-order chi connectivity index (χ0) is 36.4. The van der Waals surface area contributed by atoms with Crippen molar-refractivity contribution in [2.75, 3.05) is 6.56 Å². The molecule has 1 aliphatic carbocycles. The number of carbonyl (C=O) groups excluding carboxylic acids is 1. The molecule has 1 unspecified atom stereocenters. The molecule has 6 nitrogen and oxygen atoms in total. The van der Waals surface area contributed by atoms with Crippen molar-refractivity contribution in [1.82, 2.24) is 4.57 Å². The second-order valence-electron chi connectivity index (χ2n) is 9.09. The van der Waals surface area contributed by atoms with Gasteiger partial charge in [-0.1, -0.05) is 26.8 Å². The Hall–Kier alpha value is -3.04. The number of nitrogens with zero attached hydrogens (tertiary/aromatic N) is 1. The first-order valence-corrected chi connectivity index (χ1v) is 11.2. The number of hydrogen-bond donors (Lipinski definition) is 2. The summed E-state index contributed by atoms with van der Waals surface area (Å²) in [7, 11) is 0. The van der Waals surface area contributed by atoms with E-state index in [1.54, 1.807) is 0 Å². The molecule has 37 heavy (non-hydrogen) atoms. The Bertz CT molecular complexity index is 1790. The Morgan fingerprint density at radius 1 is 1.27 bits per heavy atom. The molecule has 2 aromatic carbocycles. The molecule has 2 atom stereocenters. The molecule has 0 bridgehead atoms. The molecule has 198 valence electrons. The van der Waals surface area contributed by atoms with Gasteiger partial charge in [-0.2, -0.15) is 0 Å². The third kappa shape index (κ3) is 4.48. The molecule has 3 aromatic rings. The van der Waals surface area contributed by atoms with E-state index in [1.165, 1.54) is 0 Å². The Balaban J connectivity index is 1.64. The fraction of sp³-hybridized carbons (Fsp3) is 0.464. The van der Waals surface area contributed by atoms with Gasteiger partial charge in [-0.3, -0.25) is 4.79 Å². The third-order valence-electron chi connectivity index (χ3n) is 6.56. The minimum Gasteiger partial charge on any atom is -0.395 e. The summed E-state index contributed by atoms with van der Waals surface area (Å²) < 4.78 is 143. The maximum atomic E-state index is 15.8. The fourth-order valence-corrected chi connectivity index (χ4v) is 4.41. The van der Waals surface area contributed by atoms with Crippen molar-refractivity contribution in [3.05, 3.63) is 59.0 Å². The lowest BCUT2D eigenvalue weighted by Crippen LogP contribution is -2.26. The zero-order valence-electron chi connectivity index (χ0n) is 30.7. The maximum Gasteiger partial charge on any atom is 0.586 e. The van der Waals surface area contributed by atoms with Gasteiger partial charge in [0, 0.05) is 35.3 Å². The van der Waals surface area contributed by atoms with Gasteiger partial charge >= 0.3 is 6.29 Å². The molecule has 1 saturated carbocycles. The number of benzene rings is 2. The lowest BCUT2D eigenvalue weighted by Gasteiger charge is -2.26. The molecule has 2 heterocycles. The van der Waals surface area contributed by atoms with Crippen LogP contribution in [0.3, 0.4) is 0 Å². The monoisotopic (exact) mass is 528 g/mol. The van der Waals surface area contributed by atoms with E-state index < -0.39 is 97.4 Å². The van der Waals surface area contributed by atoms with Gasteiger partial charge in [0.2, 0.25) is 0 Å². The number of aromatic nitrogens is 1. The highest BCUT2D eigenvalue weighted by Gasteiger charge is 2.52. The lowest BCUT2D eigenvalue weighted by atomic mass is 9.86. The smallest absolute Gasteiger partial charge is 0.395 e. The number of ether oxygens (including phenoxy) is 2. The van der Waals surface area contributed by atoms with Crippen LogP contribution in [-0.4, -0.2) is 39.5 Å². The number of rotatable bonds is 9. The molecule has 2 aliphatic rings. The number of hydrogen-bond acceptors (Lipinski definition) is 5. The van der Waals surface area contributed by atoms with E-state index in [0.29, 0.717) is 0 Å². The van der Waals surface area contributed by atoms with E-state index >= 15 is 4.39 Å². The predicted octanol–water partition coefficient (Wildman–Crippen LogP) is 4.99. The van der Waals surface area contributed by atoms with Gasteiger partial charge in [-0.15, -0.1) is 8.78 Å². The van der Waals surface area contributed by atoms with E-state index in [0.717, 1.165) is 54.8 Å². The average molecular weight is 529 g/mol. The van der Waals surface area contributed by atoms with Crippen LogP contribution >= 0.6 is 0 Å². The van der Waals surface area contributed by atoms with E-state index in [2.05, 4.69) is 9.47 Å². The summed E-state index contributed by atoms with van der Waals surface area (Å²) in [5, 5.41) is 20.2. The standard InChI is InChI=1S/C28H30F3NO5/c1-4-26(2,3)24-10-17-9-16(20(29)13-21(17)32(24)14-19(34)15-33)11-25(35)27(7-8-27)18-5-6-22-23(12-18)37-28(30,31)36-22/h5-6,9-10,12-13,19,33-34H,4,7-8,11,14-15H2,1-3H3/t19-/m1/s1/i2D3,4D2,7D2,8D2,15D2/t19-,26?. The van der Waals surface area contributed by atoms with E-state index in [-0.39, 0.29) is 22.2 Å². The number of fused-ring (bicyclic) bond motifs is 2. The van der Waals surface area contributed by atoms with Crippen molar-refractivity contribution in [3.63, 3.8) is 0 Å². The van der Waals surface area contributed by atoms with Crippen LogP contribution < -0.4 is 9.47 Å². The molecular formula is C28H30F3NO5. The normalized spacial score (nSPS) is 27.8. The van der Waals surface area contributed by atoms with Crippen LogP contribution in [0.25, 0.3) is 10.9 Å². The van der Waals surface area contributed by atoms with Gasteiger partial charge in [-0.05, 0) is 60.6 Å². The maximum absolute atomic E-state index is 15.8. The van der Waals surface area contributed by atoms with Crippen LogP contribution in [0.15, 0.2) is 36.4 Å². The fourth-order valence-electron chi connectivity index (χ4n) is 4.41. The minimum absolute atomic E-state index is 0.0131. The van der Waals surface area contributed by atoms with Crippen LogP contribution in [0, 0.1) is 5.82 Å². The highest BCUT2D eigenvalue weighted by atomic mass is 19.3. The summed E-state index contributed by atoms with van der Waals surface area (Å²) >= 11 is 0. The number of alkyl halides is 2. The van der Waals surface area contributed by atoms with Crippen molar-refractivity contribution in [2.24, 2.45) is 0 Å². The van der Waals surface area contributed by atoms with Crippen LogP contribution in [0.5, 0.6) is 11.5 Å². The quantitative estimate of drug-likeness (QED) is 0.409. The van der Waals surface area contributed by atoms with Gasteiger partial charge in [-0.25, -0.2) is 4.39 Å². The number of carbonyl (C=O) groups is 1. The molecule has 2 N–H and O–H groups in total. The average Bonchev–Trinajstić information content (AvgIpc) is 3.19. The largest absolute Gasteiger partial charge is 0.586 e. The van der Waals surface area contributed by atoms with E-state index in [4.69, 9.17) is 15.1 Å². The molecule has 1 fully saturated rings. The van der Waals surface area contributed by atoms with Crippen LogP contribution in [0.1, 0.15) is 71.7 Å². The minimum atomic E-state index is -4.06. The molecule has 0 amide bonds. The first-order chi connectivity index (χ1) is 21.5. The molecule has 0 saturated heterocycles. The topological polar surface area (TPSA) is 80.9 Å². The number of halogens is 3. The van der Waals surface area contributed by atoms with Gasteiger partial charge in [0.25, 0.3) is 0 Å². The number of ketones is 1. The SMILES string of the molecule is [2H]C([2H])(O)[C@H](O)Cn1c(C(C)(C([2H])([2H])[2H])C([2H])([2H])C)cc2cc(CC(=O)C3(c4ccc5c(c4)OC(F)(F)O5)C([2H])([2H])C3([2H])[2H])c(F)cc21. The number of aliphatic hydroxyl groups excluding tert-OH is 1. The Morgan fingerprint density at radius 3 is 2.65 bits per heavy atom. The Morgan fingerprint density at radius 2 is 2.00 bits per heavy atom. The second-order valence-corrected chi connectivity index (χ2v) is 9.09. The van der Waals surface area contributed by atoms with Gasteiger partial charge in [0.15, 0.2) is 11.5 Å². The third-order valence-corrected chi connectivity index (χ3v) is 6.56. The van der Waals surface area contributed by atoms with Crippen molar-refractivity contribution in [3.8, 4) is 11.5 Å². The molecule has 0 radical (unpaired) electrons. The van der Waals surface area contributed by atoms with Crippen molar-refractivity contribution >= 4 is 16.7 Å². The Kier molecular flexibility index (Phi) is 3.65. The number of Topliss-reactive ketones (excluding diaryl/α,β-unsaturated/α-hetero) is 1. The Labute approximate surface area is 228 Å². The number of aliphatic hydroxyl groups is 2. The molecule has 1 aliphatic heterocycles. The van der Waals surface area contributed by atoms with E-state index in [1.807, 2.05) is 0 Å². The van der Waals surface area contributed by atoms with Crippen molar-refractivity contribution in [1.29, 1.82) is 0 Å². The first kappa shape index (κ1) is 15.4. The summed E-state index contributed by atoms with van der Waals surface area (Å²) in [6.45, 7) is -5.08. The highest BCUT2D eigenvalue weighted by Crippen LogP contribution is 2.52. The first-order valence-electron chi connectivity index (χ1n) is 16.7. The summed E-state index contributed by atoms with van der Waals surface area (Å²) in [4.78, 5) is 13.9. The molecule has 5 rings (SSSR count). The van der Waals surface area contributed by atoms with Gasteiger partial charge in [0.1, 0.15) is 11.6 Å². The van der Waals surface area contributed by atoms with Crippen LogP contribution in [0.4, 0.5) is 13.2 Å². The molecule has 0 spiro atoms. The van der Waals surface area contributed by atoms with Crippen molar-refractivity contribution in [2.45, 2.75) is 76.0 Å². The molecule has 1 aromatic heterocycles. The molecular weight excluding hydrogens is 487 g/mol. The van der Waals surface area contributed by atoms with Crippen LogP contribution in [0.2, 0.25) is 0 Å². The lowest BCUT2D eigenvalue weighted by molar-refractivity contribution is -0.286. The van der Waals surface area contributed by atoms with E-state index in [9.17, 15) is 23.8 Å². The van der Waals surface area contributed by atoms with Gasteiger partial charge in [0.05, 0.1) is 32.9 Å². The highest BCUT2D eigenvalue weighted by molar-refractivity contribution is 5.95.